The Bertz CT molecular complexity index is 1840. The van der Waals surface area contributed by atoms with E-state index in [1.165, 1.54) is 18.1 Å². The summed E-state index contributed by atoms with van der Waals surface area (Å²) in [5.74, 6) is -0.254. The van der Waals surface area contributed by atoms with Crippen molar-refractivity contribution in [3.05, 3.63) is 100 Å². The summed E-state index contributed by atoms with van der Waals surface area (Å²) in [5, 5.41) is 5.76. The Morgan fingerprint density at radius 3 is 2.19 bits per heavy atom. The number of ketones is 2. The van der Waals surface area contributed by atoms with Crippen molar-refractivity contribution in [3.8, 4) is 0 Å². The van der Waals surface area contributed by atoms with Crippen molar-refractivity contribution in [1.29, 1.82) is 0 Å². The zero-order valence-corrected chi connectivity index (χ0v) is 26.1. The fourth-order valence-electron chi connectivity index (χ4n) is 5.49. The molecule has 5 rings (SSSR count). The summed E-state index contributed by atoms with van der Waals surface area (Å²) in [4.78, 5) is 44.9. The summed E-state index contributed by atoms with van der Waals surface area (Å²) in [6, 6.07) is 19.6. The summed E-state index contributed by atoms with van der Waals surface area (Å²) in [6.07, 6.45) is 4.22. The Labute approximate surface area is 256 Å². The average molecular weight is 593 g/mol. The van der Waals surface area contributed by atoms with Gasteiger partial charge in [0.05, 0.1) is 0 Å². The number of carbonyl (C=O) groups is 3. The molecular formula is C36H36N2O4S. The number of allylic oxidation sites excluding steroid dienone is 4. The van der Waals surface area contributed by atoms with Crippen LogP contribution < -0.4 is 0 Å². The maximum atomic E-state index is 13.7. The van der Waals surface area contributed by atoms with E-state index in [9.17, 15) is 14.4 Å². The van der Waals surface area contributed by atoms with Crippen LogP contribution in [-0.4, -0.2) is 33.6 Å². The molecule has 1 heterocycles. The Hall–Kier alpha value is -4.23. The van der Waals surface area contributed by atoms with Gasteiger partial charge in [-0.25, -0.2) is 4.79 Å². The normalized spacial score (nSPS) is 13.9. The highest BCUT2D eigenvalue weighted by molar-refractivity contribution is 7.99. The van der Waals surface area contributed by atoms with E-state index in [1.807, 2.05) is 74.5 Å². The molecule has 0 atom stereocenters. The van der Waals surface area contributed by atoms with Gasteiger partial charge in [0.2, 0.25) is 5.78 Å². The van der Waals surface area contributed by atoms with Gasteiger partial charge in [-0.3, -0.25) is 9.59 Å². The molecule has 0 amide bonds. The number of rotatable bonds is 10. The van der Waals surface area contributed by atoms with Gasteiger partial charge in [0.25, 0.3) is 0 Å². The van der Waals surface area contributed by atoms with Crippen LogP contribution in [0.2, 0.25) is 0 Å². The first-order valence-corrected chi connectivity index (χ1v) is 15.6. The van der Waals surface area contributed by atoms with Crippen LogP contribution in [0, 0.1) is 6.92 Å². The van der Waals surface area contributed by atoms with Crippen LogP contribution in [0.25, 0.3) is 21.8 Å². The van der Waals surface area contributed by atoms with Crippen molar-refractivity contribution in [2.75, 3.05) is 5.75 Å². The number of hydrogen-bond donors (Lipinski definition) is 0. The lowest BCUT2D eigenvalue weighted by Crippen LogP contribution is -2.16. The fourth-order valence-corrected chi connectivity index (χ4v) is 6.35. The highest BCUT2D eigenvalue weighted by Gasteiger charge is 2.21. The van der Waals surface area contributed by atoms with Crippen LogP contribution in [0.5, 0.6) is 0 Å². The second-order valence-electron chi connectivity index (χ2n) is 11.1. The molecule has 1 aliphatic carbocycles. The quantitative estimate of drug-likeness (QED) is 0.0605. The minimum absolute atomic E-state index is 0.0185. The zero-order valence-electron chi connectivity index (χ0n) is 25.3. The molecule has 0 unspecified atom stereocenters. The first-order chi connectivity index (χ1) is 20.7. The molecule has 43 heavy (non-hydrogen) atoms. The molecule has 0 spiro atoms. The summed E-state index contributed by atoms with van der Waals surface area (Å²) in [6.45, 7) is 10.2. The van der Waals surface area contributed by atoms with E-state index in [2.05, 4.69) is 23.6 Å². The molecule has 0 bridgehead atoms. The molecule has 220 valence electrons. The standard InChI is InChI=1S/C36H36N2O4S/c1-6-38-33-15-11-26(35(40)29-19-23(3)7-10-24(29)4)20-30(33)31-21-27(12-16-34(31)38)36(41)32(37-42-25(5)39)17-18-43-28-13-8-22(2)9-14-28/h8-9,11-16,19-21H,6-7,10,17-18H2,1-5H3/b37-32+. The van der Waals surface area contributed by atoms with Gasteiger partial charge in [0.15, 0.2) is 5.78 Å². The average Bonchev–Trinajstić information content (AvgIpc) is 3.32. The molecule has 7 heteroatoms. The minimum atomic E-state index is -0.580. The van der Waals surface area contributed by atoms with Gasteiger partial charge in [-0.15, -0.1) is 11.8 Å². The molecule has 0 saturated heterocycles. The number of fused-ring (bicyclic) bond motifs is 3. The van der Waals surface area contributed by atoms with E-state index in [-0.39, 0.29) is 17.3 Å². The highest BCUT2D eigenvalue weighted by Crippen LogP contribution is 2.33. The van der Waals surface area contributed by atoms with Crippen molar-refractivity contribution in [3.63, 3.8) is 0 Å². The van der Waals surface area contributed by atoms with Crippen LogP contribution in [-0.2, 0) is 16.2 Å². The highest BCUT2D eigenvalue weighted by atomic mass is 32.2. The number of Topliss-reactive ketones (excluding diaryl/α,β-unsaturated/α-hetero) is 2. The van der Waals surface area contributed by atoms with Gasteiger partial charge in [-0.2, -0.15) is 0 Å². The van der Waals surface area contributed by atoms with Gasteiger partial charge in [-0.1, -0.05) is 40.1 Å². The third-order valence-electron chi connectivity index (χ3n) is 7.87. The van der Waals surface area contributed by atoms with Crippen molar-refractivity contribution >= 4 is 56.8 Å². The molecular weight excluding hydrogens is 556 g/mol. The number of thioether (sulfide) groups is 1. The first-order valence-electron chi connectivity index (χ1n) is 14.6. The molecule has 4 aromatic rings. The van der Waals surface area contributed by atoms with Gasteiger partial charge in [0, 0.05) is 69.0 Å². The van der Waals surface area contributed by atoms with Gasteiger partial charge >= 0.3 is 5.97 Å². The van der Waals surface area contributed by atoms with Crippen molar-refractivity contribution in [2.45, 2.75) is 65.3 Å². The number of benzene rings is 3. The van der Waals surface area contributed by atoms with Crippen LogP contribution >= 0.6 is 11.8 Å². The smallest absolute Gasteiger partial charge is 0.331 e. The third kappa shape index (κ3) is 6.57. The molecule has 0 N–H and O–H groups in total. The third-order valence-corrected chi connectivity index (χ3v) is 8.88. The first kappa shape index (κ1) is 30.2. The summed E-state index contributed by atoms with van der Waals surface area (Å²) in [7, 11) is 0. The topological polar surface area (TPSA) is 77.7 Å². The lowest BCUT2D eigenvalue weighted by atomic mass is 9.89. The fraction of sp³-hybridized carbons (Fsp3) is 0.278. The molecule has 0 radical (unpaired) electrons. The molecule has 1 aromatic heterocycles. The van der Waals surface area contributed by atoms with Crippen LogP contribution in [0.3, 0.4) is 0 Å². The van der Waals surface area contributed by atoms with Crippen LogP contribution in [0.4, 0.5) is 0 Å². The summed E-state index contributed by atoms with van der Waals surface area (Å²) >= 11 is 1.61. The lowest BCUT2D eigenvalue weighted by molar-refractivity contribution is -0.140. The molecule has 0 saturated carbocycles. The molecule has 3 aromatic carbocycles. The second kappa shape index (κ2) is 13.0. The number of nitrogens with zero attached hydrogens (tertiary/aromatic N) is 2. The zero-order chi connectivity index (χ0) is 30.7. The van der Waals surface area contributed by atoms with E-state index >= 15 is 0 Å². The number of hydrogen-bond acceptors (Lipinski definition) is 6. The number of aryl methyl sites for hydroxylation is 2. The number of oxime groups is 1. The maximum Gasteiger partial charge on any atom is 0.331 e. The summed E-state index contributed by atoms with van der Waals surface area (Å²) < 4.78 is 2.19. The lowest BCUT2D eigenvalue weighted by Gasteiger charge is -2.15. The van der Waals surface area contributed by atoms with Crippen molar-refractivity contribution < 1.29 is 19.2 Å². The van der Waals surface area contributed by atoms with Crippen LogP contribution in [0.1, 0.15) is 73.2 Å². The van der Waals surface area contributed by atoms with Gasteiger partial charge in [0.1, 0.15) is 5.71 Å². The van der Waals surface area contributed by atoms with E-state index < -0.39 is 5.97 Å². The second-order valence-corrected chi connectivity index (χ2v) is 12.3. The molecule has 1 aliphatic rings. The Balaban J connectivity index is 1.50. The van der Waals surface area contributed by atoms with E-state index in [0.29, 0.717) is 23.3 Å². The number of aromatic nitrogens is 1. The Morgan fingerprint density at radius 2 is 1.53 bits per heavy atom. The van der Waals surface area contributed by atoms with Gasteiger partial charge in [-0.05, 0) is 89.1 Å². The molecule has 0 fully saturated rings. The van der Waals surface area contributed by atoms with Gasteiger partial charge < -0.3 is 9.40 Å². The monoisotopic (exact) mass is 592 g/mol. The molecule has 6 nitrogen and oxygen atoms in total. The predicted octanol–water partition coefficient (Wildman–Crippen LogP) is 8.65. The van der Waals surface area contributed by atoms with E-state index in [1.54, 1.807) is 17.8 Å². The predicted molar refractivity (Wildman–Crippen MR) is 175 cm³/mol. The summed E-state index contributed by atoms with van der Waals surface area (Å²) in [5.41, 5.74) is 7.53. The van der Waals surface area contributed by atoms with Crippen molar-refractivity contribution in [2.24, 2.45) is 5.16 Å². The Morgan fingerprint density at radius 1 is 0.884 bits per heavy atom. The number of carbonyl (C=O) groups excluding carboxylic acids is 3. The van der Waals surface area contributed by atoms with E-state index in [4.69, 9.17) is 4.84 Å². The van der Waals surface area contributed by atoms with Crippen LogP contribution in [0.15, 0.2) is 93.5 Å². The van der Waals surface area contributed by atoms with Crippen molar-refractivity contribution in [1.82, 2.24) is 4.57 Å². The molecule has 0 aliphatic heterocycles. The SMILES string of the molecule is CCn1c2ccc(C(=O)C3=C(C)CCC(C)=C3)cc2c2cc(C(=O)/C(CCSc3ccc(C)cc3)=N/OC(C)=O)ccc21. The largest absolute Gasteiger partial charge is 0.341 e. The minimum Gasteiger partial charge on any atom is -0.341 e. The maximum absolute atomic E-state index is 13.7. The van der Waals surface area contributed by atoms with E-state index in [0.717, 1.165) is 57.2 Å². The Kier molecular flexibility index (Phi) is 9.11.